The highest BCUT2D eigenvalue weighted by molar-refractivity contribution is 8.00. The van der Waals surface area contributed by atoms with Gasteiger partial charge in [0, 0.05) is 30.6 Å². The minimum Gasteiger partial charge on any atom is -0.340 e. The first kappa shape index (κ1) is 12.2. The Morgan fingerprint density at radius 2 is 2.31 bits per heavy atom. The van der Waals surface area contributed by atoms with Gasteiger partial charge in [0.15, 0.2) is 0 Å². The summed E-state index contributed by atoms with van der Waals surface area (Å²) in [6.45, 7) is 8.17. The van der Waals surface area contributed by atoms with E-state index in [0.29, 0.717) is 17.1 Å². The van der Waals surface area contributed by atoms with E-state index in [0.717, 1.165) is 31.9 Å². The molecule has 2 fully saturated rings. The van der Waals surface area contributed by atoms with Crippen LogP contribution in [0.3, 0.4) is 0 Å². The molecule has 1 N–H and O–H groups in total. The molecule has 1 unspecified atom stereocenters. The topological polar surface area (TPSA) is 32.3 Å². The molecule has 0 spiro atoms. The summed E-state index contributed by atoms with van der Waals surface area (Å²) in [5.74, 6) is 2.22. The zero-order valence-electron chi connectivity index (χ0n) is 10.2. The molecule has 16 heavy (non-hydrogen) atoms. The van der Waals surface area contributed by atoms with Gasteiger partial charge in [-0.25, -0.2) is 0 Å². The lowest BCUT2D eigenvalue weighted by Gasteiger charge is -2.34. The standard InChI is InChI=1S/C12H22N2OS/c1-3-10-8-14(4-5-16-10)12(15)11-7-13-6-9(11)2/h9-11,13H,3-8H2,1-2H3/t9-,10?,11-/m1/s1. The molecular formula is C12H22N2OS. The maximum atomic E-state index is 12.3. The van der Waals surface area contributed by atoms with Crippen molar-refractivity contribution in [2.75, 3.05) is 31.9 Å². The maximum absolute atomic E-state index is 12.3. The molecule has 2 heterocycles. The normalized spacial score (nSPS) is 35.4. The third-order valence-corrected chi connectivity index (χ3v) is 5.11. The molecule has 0 aliphatic carbocycles. The molecular weight excluding hydrogens is 220 g/mol. The van der Waals surface area contributed by atoms with Crippen LogP contribution < -0.4 is 5.32 Å². The van der Waals surface area contributed by atoms with Gasteiger partial charge in [0.1, 0.15) is 0 Å². The minimum absolute atomic E-state index is 0.223. The fourth-order valence-corrected chi connectivity index (χ4v) is 3.72. The van der Waals surface area contributed by atoms with Crippen molar-refractivity contribution < 1.29 is 4.79 Å². The predicted octanol–water partition coefficient (Wildman–Crippen LogP) is 1.20. The Kier molecular flexibility index (Phi) is 4.14. The zero-order valence-corrected chi connectivity index (χ0v) is 11.1. The van der Waals surface area contributed by atoms with Crippen LogP contribution in [0.2, 0.25) is 0 Å². The third kappa shape index (κ3) is 2.54. The molecule has 92 valence electrons. The molecule has 0 aromatic rings. The number of nitrogens with one attached hydrogen (secondary N) is 1. The Hall–Kier alpha value is -0.220. The van der Waals surface area contributed by atoms with E-state index in [1.807, 2.05) is 11.8 Å². The van der Waals surface area contributed by atoms with E-state index in [9.17, 15) is 4.79 Å². The van der Waals surface area contributed by atoms with Crippen molar-refractivity contribution in [3.8, 4) is 0 Å². The smallest absolute Gasteiger partial charge is 0.227 e. The number of nitrogens with zero attached hydrogens (tertiary/aromatic N) is 1. The number of carbonyl (C=O) groups excluding carboxylic acids is 1. The highest BCUT2D eigenvalue weighted by Gasteiger charge is 2.34. The molecule has 0 aromatic heterocycles. The predicted molar refractivity (Wildman–Crippen MR) is 68.6 cm³/mol. The summed E-state index contributed by atoms with van der Waals surface area (Å²) in [5, 5.41) is 3.97. The summed E-state index contributed by atoms with van der Waals surface area (Å²) in [4.78, 5) is 14.4. The largest absolute Gasteiger partial charge is 0.340 e. The van der Waals surface area contributed by atoms with Gasteiger partial charge in [-0.05, 0) is 18.9 Å². The van der Waals surface area contributed by atoms with Gasteiger partial charge in [-0.15, -0.1) is 0 Å². The van der Waals surface area contributed by atoms with Crippen LogP contribution in [0.1, 0.15) is 20.3 Å². The van der Waals surface area contributed by atoms with Crippen LogP contribution in [-0.4, -0.2) is 48.0 Å². The molecule has 0 saturated carbocycles. The van der Waals surface area contributed by atoms with Gasteiger partial charge in [0.05, 0.1) is 5.92 Å². The summed E-state index contributed by atoms with van der Waals surface area (Å²) in [6.07, 6.45) is 1.17. The van der Waals surface area contributed by atoms with Gasteiger partial charge >= 0.3 is 0 Å². The van der Waals surface area contributed by atoms with Crippen LogP contribution in [0, 0.1) is 11.8 Å². The van der Waals surface area contributed by atoms with Gasteiger partial charge in [0.25, 0.3) is 0 Å². The third-order valence-electron chi connectivity index (χ3n) is 3.74. The number of amides is 1. The van der Waals surface area contributed by atoms with Crippen LogP contribution in [-0.2, 0) is 4.79 Å². The van der Waals surface area contributed by atoms with E-state index < -0.39 is 0 Å². The summed E-state index contributed by atoms with van der Waals surface area (Å²) < 4.78 is 0. The van der Waals surface area contributed by atoms with Crippen molar-refractivity contribution in [1.82, 2.24) is 10.2 Å². The number of hydrogen-bond acceptors (Lipinski definition) is 3. The lowest BCUT2D eigenvalue weighted by atomic mass is 9.96. The van der Waals surface area contributed by atoms with Gasteiger partial charge in [0.2, 0.25) is 5.91 Å². The summed E-state index contributed by atoms with van der Waals surface area (Å²) >= 11 is 2.02. The van der Waals surface area contributed by atoms with Gasteiger partial charge < -0.3 is 10.2 Å². The van der Waals surface area contributed by atoms with Gasteiger partial charge in [-0.1, -0.05) is 13.8 Å². The maximum Gasteiger partial charge on any atom is 0.227 e. The SMILES string of the molecule is CCC1CN(C(=O)[C@@H]2CNC[C@H]2C)CCS1. The summed E-state index contributed by atoms with van der Waals surface area (Å²) in [6, 6.07) is 0. The first-order chi connectivity index (χ1) is 7.72. The van der Waals surface area contributed by atoms with Crippen molar-refractivity contribution >= 4 is 17.7 Å². The molecule has 4 heteroatoms. The molecule has 3 atom stereocenters. The summed E-state index contributed by atoms with van der Waals surface area (Å²) in [7, 11) is 0. The van der Waals surface area contributed by atoms with E-state index in [1.165, 1.54) is 6.42 Å². The molecule has 0 radical (unpaired) electrons. The Labute approximate surface area is 102 Å². The highest BCUT2D eigenvalue weighted by atomic mass is 32.2. The highest BCUT2D eigenvalue weighted by Crippen LogP contribution is 2.25. The van der Waals surface area contributed by atoms with Gasteiger partial charge in [-0.2, -0.15) is 11.8 Å². The molecule has 2 aliphatic heterocycles. The molecule has 2 rings (SSSR count). The van der Waals surface area contributed by atoms with Gasteiger partial charge in [-0.3, -0.25) is 4.79 Å². The van der Waals surface area contributed by atoms with E-state index in [4.69, 9.17) is 0 Å². The number of hydrogen-bond donors (Lipinski definition) is 1. The fourth-order valence-electron chi connectivity index (χ4n) is 2.54. The van der Waals surface area contributed by atoms with Crippen LogP contribution in [0.5, 0.6) is 0 Å². The van der Waals surface area contributed by atoms with E-state index >= 15 is 0 Å². The van der Waals surface area contributed by atoms with Crippen LogP contribution >= 0.6 is 11.8 Å². The Morgan fingerprint density at radius 3 is 2.94 bits per heavy atom. The Balaban J connectivity index is 1.93. The van der Waals surface area contributed by atoms with Crippen LogP contribution in [0.25, 0.3) is 0 Å². The number of thioether (sulfide) groups is 1. The first-order valence-corrected chi connectivity index (χ1v) is 7.38. The fraction of sp³-hybridized carbons (Fsp3) is 0.917. The van der Waals surface area contributed by atoms with Crippen molar-refractivity contribution in [2.24, 2.45) is 11.8 Å². The number of carbonyl (C=O) groups is 1. The Bertz CT molecular complexity index is 259. The molecule has 1 amide bonds. The second-order valence-corrected chi connectivity index (χ2v) is 6.34. The van der Waals surface area contributed by atoms with Crippen molar-refractivity contribution in [3.63, 3.8) is 0 Å². The van der Waals surface area contributed by atoms with E-state index in [2.05, 4.69) is 24.1 Å². The minimum atomic E-state index is 0.223. The Morgan fingerprint density at radius 1 is 1.50 bits per heavy atom. The quantitative estimate of drug-likeness (QED) is 0.789. The molecule has 2 aliphatic rings. The molecule has 3 nitrogen and oxygen atoms in total. The van der Waals surface area contributed by atoms with Crippen molar-refractivity contribution in [2.45, 2.75) is 25.5 Å². The zero-order chi connectivity index (χ0) is 11.5. The summed E-state index contributed by atoms with van der Waals surface area (Å²) in [5.41, 5.74) is 0. The lowest BCUT2D eigenvalue weighted by Crippen LogP contribution is -2.46. The van der Waals surface area contributed by atoms with Crippen LogP contribution in [0.15, 0.2) is 0 Å². The van der Waals surface area contributed by atoms with Crippen molar-refractivity contribution in [1.29, 1.82) is 0 Å². The molecule has 0 aromatic carbocycles. The average molecular weight is 242 g/mol. The number of rotatable bonds is 2. The lowest BCUT2D eigenvalue weighted by molar-refractivity contribution is -0.135. The van der Waals surface area contributed by atoms with Crippen molar-refractivity contribution in [3.05, 3.63) is 0 Å². The monoisotopic (exact) mass is 242 g/mol. The van der Waals surface area contributed by atoms with E-state index in [1.54, 1.807) is 0 Å². The first-order valence-electron chi connectivity index (χ1n) is 6.33. The average Bonchev–Trinajstić information content (AvgIpc) is 2.74. The molecule has 2 saturated heterocycles. The second kappa shape index (κ2) is 5.41. The molecule has 0 bridgehead atoms. The second-order valence-electron chi connectivity index (χ2n) is 4.93. The van der Waals surface area contributed by atoms with E-state index in [-0.39, 0.29) is 5.92 Å². The van der Waals surface area contributed by atoms with Crippen LogP contribution in [0.4, 0.5) is 0 Å².